The summed E-state index contributed by atoms with van der Waals surface area (Å²) in [5, 5.41) is 19.4. The maximum absolute atomic E-state index is 12.7. The molecule has 1 aromatic carbocycles. The molecule has 2 aliphatic heterocycles. The molecule has 1 unspecified atom stereocenters. The first-order valence-corrected chi connectivity index (χ1v) is 13.1. The van der Waals surface area contributed by atoms with Crippen molar-refractivity contribution in [1.82, 2.24) is 20.2 Å². The Balaban J connectivity index is 1.19. The van der Waals surface area contributed by atoms with E-state index in [1.165, 1.54) is 0 Å². The molecule has 4 heterocycles. The second-order valence-corrected chi connectivity index (χ2v) is 10.7. The molecule has 3 aromatic rings. The Morgan fingerprint density at radius 3 is 2.53 bits per heavy atom. The molecule has 3 fully saturated rings. The Morgan fingerprint density at radius 1 is 1.13 bits per heavy atom. The second kappa shape index (κ2) is 9.59. The number of H-pyrrole nitrogens is 1. The topological polar surface area (TPSA) is 132 Å². The average Bonchev–Trinajstić information content (AvgIpc) is 3.63. The number of carbonyl (C=O) groups is 1. The van der Waals surface area contributed by atoms with E-state index in [0.717, 1.165) is 69.7 Å². The summed E-state index contributed by atoms with van der Waals surface area (Å²) in [5.74, 6) is 0.546. The molecule has 1 saturated carbocycles. The minimum atomic E-state index is -0.659. The van der Waals surface area contributed by atoms with Gasteiger partial charge in [-0.05, 0) is 61.8 Å². The highest BCUT2D eigenvalue weighted by Gasteiger charge is 2.58. The Kier molecular flexibility index (Phi) is 6.10. The molecular formula is C27H30N8O3. The monoisotopic (exact) mass is 514 g/mol. The molecule has 11 heteroatoms. The van der Waals surface area contributed by atoms with Crippen LogP contribution in [0.5, 0.6) is 0 Å². The van der Waals surface area contributed by atoms with Gasteiger partial charge < -0.3 is 25.1 Å². The van der Waals surface area contributed by atoms with E-state index in [1.807, 2.05) is 24.3 Å². The van der Waals surface area contributed by atoms with Crippen molar-refractivity contribution in [3.8, 4) is 0 Å². The summed E-state index contributed by atoms with van der Waals surface area (Å²) >= 11 is 0. The summed E-state index contributed by atoms with van der Waals surface area (Å²) in [6, 6.07) is 8.02. The van der Waals surface area contributed by atoms with Gasteiger partial charge in [-0.15, -0.1) is 0 Å². The lowest BCUT2D eigenvalue weighted by Crippen LogP contribution is -2.35. The van der Waals surface area contributed by atoms with Gasteiger partial charge in [-0.25, -0.2) is 16.7 Å². The molecule has 6 rings (SSSR count). The van der Waals surface area contributed by atoms with Crippen LogP contribution in [-0.4, -0.2) is 64.0 Å². The van der Waals surface area contributed by atoms with E-state index in [-0.39, 0.29) is 16.9 Å². The number of hydrogen-bond acceptors (Lipinski definition) is 8. The number of nitrogens with zero attached hydrogens (tertiary/aromatic N) is 6. The summed E-state index contributed by atoms with van der Waals surface area (Å²) < 4.78 is 0. The van der Waals surface area contributed by atoms with E-state index < -0.39 is 5.97 Å². The average molecular weight is 515 g/mol. The maximum atomic E-state index is 12.7. The number of hydrogen-bond donors (Lipinski definition) is 3. The fourth-order valence-corrected chi connectivity index (χ4v) is 6.02. The van der Waals surface area contributed by atoms with Crippen LogP contribution >= 0.6 is 0 Å². The van der Waals surface area contributed by atoms with Crippen LogP contribution in [0.2, 0.25) is 0 Å². The van der Waals surface area contributed by atoms with Crippen molar-refractivity contribution in [3.05, 3.63) is 52.2 Å². The lowest BCUT2D eigenvalue weighted by atomic mass is 9.90. The van der Waals surface area contributed by atoms with Gasteiger partial charge >= 0.3 is 5.97 Å². The van der Waals surface area contributed by atoms with Gasteiger partial charge in [-0.1, -0.05) is 0 Å². The number of carboxylic acids is 1. The fourth-order valence-electron chi connectivity index (χ4n) is 6.02. The third-order valence-electron chi connectivity index (χ3n) is 8.49. The number of anilines is 4. The first kappa shape index (κ1) is 24.2. The second-order valence-electron chi connectivity index (χ2n) is 10.7. The standard InChI is InChI=1S/C27H30N8O3/c1-28-15-17-6-10-35(11-7-17)26-31-21-16-29-33-24(36)22(21)23(32-26)30-18-2-4-19(5-3-18)34-12-8-27(9-13-34)14-20(27)25(37)38/h2-5,16-17,20H,6-15H2,(H,33,36)(H,37,38)(H,30,31,32). The Morgan fingerprint density at radius 2 is 1.87 bits per heavy atom. The maximum Gasteiger partial charge on any atom is 0.307 e. The van der Waals surface area contributed by atoms with E-state index in [0.29, 0.717) is 35.1 Å². The SMILES string of the molecule is [C-]#[N+]CC1CCN(c2nc(Nc3ccc(N4CCC5(CC4)CC5C(=O)O)cc3)c3c(=O)[nH]ncc3n2)CC1. The largest absolute Gasteiger partial charge is 0.481 e. The van der Waals surface area contributed by atoms with Crippen molar-refractivity contribution in [2.45, 2.75) is 32.1 Å². The van der Waals surface area contributed by atoms with Gasteiger partial charge in [0, 0.05) is 43.5 Å². The van der Waals surface area contributed by atoms with Crippen LogP contribution in [0, 0.1) is 23.8 Å². The number of nitrogens with one attached hydrogen (secondary N) is 2. The van der Waals surface area contributed by atoms with E-state index in [9.17, 15) is 14.7 Å². The van der Waals surface area contributed by atoms with Crippen LogP contribution in [0.25, 0.3) is 15.7 Å². The molecule has 1 atom stereocenters. The van der Waals surface area contributed by atoms with Gasteiger partial charge in [-0.3, -0.25) is 9.59 Å². The predicted octanol–water partition coefficient (Wildman–Crippen LogP) is 3.28. The molecule has 1 spiro atoms. The molecule has 0 radical (unpaired) electrons. The van der Waals surface area contributed by atoms with Crippen LogP contribution in [0.3, 0.4) is 0 Å². The summed E-state index contributed by atoms with van der Waals surface area (Å²) in [7, 11) is 0. The highest BCUT2D eigenvalue weighted by molar-refractivity contribution is 5.90. The molecule has 0 amide bonds. The van der Waals surface area contributed by atoms with Crippen molar-refractivity contribution in [3.63, 3.8) is 0 Å². The minimum absolute atomic E-state index is 0.00372. The molecule has 2 saturated heterocycles. The molecule has 0 bridgehead atoms. The third kappa shape index (κ3) is 4.51. The molecule has 2 aromatic heterocycles. The quantitative estimate of drug-likeness (QED) is 0.424. The lowest BCUT2D eigenvalue weighted by molar-refractivity contribution is -0.139. The number of rotatable bonds is 6. The Labute approximate surface area is 219 Å². The first-order chi connectivity index (χ1) is 18.5. The van der Waals surface area contributed by atoms with Crippen molar-refractivity contribution in [2.75, 3.05) is 47.8 Å². The van der Waals surface area contributed by atoms with Gasteiger partial charge in [0.05, 0.1) is 12.1 Å². The van der Waals surface area contributed by atoms with Crippen molar-refractivity contribution in [1.29, 1.82) is 0 Å². The van der Waals surface area contributed by atoms with E-state index >= 15 is 0 Å². The molecule has 11 nitrogen and oxygen atoms in total. The number of aromatic amines is 1. The molecule has 1 aliphatic carbocycles. The van der Waals surface area contributed by atoms with Crippen LogP contribution in [-0.2, 0) is 4.79 Å². The number of carboxylic acid groups (broad SMARTS) is 1. The summed E-state index contributed by atoms with van der Waals surface area (Å²) in [4.78, 5) is 41.3. The van der Waals surface area contributed by atoms with Crippen LogP contribution in [0.1, 0.15) is 32.1 Å². The molecule has 196 valence electrons. The van der Waals surface area contributed by atoms with Gasteiger partial charge in [0.1, 0.15) is 16.7 Å². The fraction of sp³-hybridized carbons (Fsp3) is 0.481. The summed E-state index contributed by atoms with van der Waals surface area (Å²) in [6.45, 7) is 10.9. The van der Waals surface area contributed by atoms with E-state index in [4.69, 9.17) is 11.6 Å². The number of piperidine rings is 2. The van der Waals surface area contributed by atoms with Crippen molar-refractivity contribution in [2.24, 2.45) is 17.3 Å². The number of benzene rings is 1. The van der Waals surface area contributed by atoms with Crippen LogP contribution < -0.4 is 20.7 Å². The Bertz CT molecular complexity index is 1450. The molecule has 3 aliphatic rings. The number of aromatic nitrogens is 4. The highest BCUT2D eigenvalue weighted by Crippen LogP contribution is 2.59. The Hall–Kier alpha value is -4.20. The zero-order valence-corrected chi connectivity index (χ0v) is 21.1. The lowest BCUT2D eigenvalue weighted by Gasteiger charge is -2.34. The normalized spacial score (nSPS) is 20.9. The van der Waals surface area contributed by atoms with Crippen molar-refractivity contribution >= 4 is 40.0 Å². The summed E-state index contributed by atoms with van der Waals surface area (Å²) in [5.41, 5.74) is 2.02. The molecule has 3 N–H and O–H groups in total. The van der Waals surface area contributed by atoms with E-state index in [2.05, 4.69) is 35.1 Å². The zero-order valence-electron chi connectivity index (χ0n) is 21.1. The molecular weight excluding hydrogens is 484 g/mol. The number of fused-ring (bicyclic) bond motifs is 1. The van der Waals surface area contributed by atoms with Crippen LogP contribution in [0.4, 0.5) is 23.1 Å². The van der Waals surface area contributed by atoms with Crippen LogP contribution in [0.15, 0.2) is 35.3 Å². The van der Waals surface area contributed by atoms with Gasteiger partial charge in [-0.2, -0.15) is 10.1 Å². The highest BCUT2D eigenvalue weighted by atomic mass is 16.4. The van der Waals surface area contributed by atoms with Gasteiger partial charge in [0.2, 0.25) is 12.5 Å². The predicted molar refractivity (Wildman–Crippen MR) is 144 cm³/mol. The number of aliphatic carboxylic acids is 1. The third-order valence-corrected chi connectivity index (χ3v) is 8.49. The minimum Gasteiger partial charge on any atom is -0.481 e. The summed E-state index contributed by atoms with van der Waals surface area (Å²) in [6.07, 6.45) is 5.99. The van der Waals surface area contributed by atoms with E-state index in [1.54, 1.807) is 6.20 Å². The molecule has 38 heavy (non-hydrogen) atoms. The zero-order chi connectivity index (χ0) is 26.3. The smallest absolute Gasteiger partial charge is 0.307 e. The van der Waals surface area contributed by atoms with Gasteiger partial charge in [0.25, 0.3) is 5.56 Å². The van der Waals surface area contributed by atoms with Crippen molar-refractivity contribution < 1.29 is 9.90 Å². The van der Waals surface area contributed by atoms with Gasteiger partial charge in [0.15, 0.2) is 0 Å². The first-order valence-electron chi connectivity index (χ1n) is 13.1.